The minimum Gasteiger partial charge on any atom is -0.389 e. The van der Waals surface area contributed by atoms with E-state index in [4.69, 9.17) is 9.73 Å². The molecule has 0 radical (unpaired) electrons. The van der Waals surface area contributed by atoms with E-state index in [9.17, 15) is 5.11 Å². The maximum atomic E-state index is 10.5. The maximum Gasteiger partial charge on any atom is 0.131 e. The van der Waals surface area contributed by atoms with Gasteiger partial charge in [-0.25, -0.2) is 9.98 Å². The van der Waals surface area contributed by atoms with E-state index in [2.05, 4.69) is 58.2 Å². The molecule has 2 atom stereocenters. The number of benzene rings is 2. The Labute approximate surface area is 188 Å². The third kappa shape index (κ3) is 3.26. The molecule has 0 spiro atoms. The highest BCUT2D eigenvalue weighted by atomic mass is 16.5. The summed E-state index contributed by atoms with van der Waals surface area (Å²) in [7, 11) is 2.12. The van der Waals surface area contributed by atoms with Crippen LogP contribution in [0.3, 0.4) is 0 Å². The Bertz CT molecular complexity index is 1210. The van der Waals surface area contributed by atoms with E-state index >= 15 is 0 Å². The van der Waals surface area contributed by atoms with Crippen LogP contribution in [0.25, 0.3) is 10.8 Å². The van der Waals surface area contributed by atoms with Gasteiger partial charge in [-0.15, -0.1) is 0 Å². The lowest BCUT2D eigenvalue weighted by atomic mass is 9.92. The van der Waals surface area contributed by atoms with Gasteiger partial charge in [0.25, 0.3) is 0 Å². The van der Waals surface area contributed by atoms with Crippen LogP contribution in [0.15, 0.2) is 47.6 Å². The van der Waals surface area contributed by atoms with Gasteiger partial charge in [-0.1, -0.05) is 30.3 Å². The van der Waals surface area contributed by atoms with Crippen LogP contribution in [0, 0.1) is 0 Å². The number of aliphatic imine (C=N–C) groups is 1. The normalized spacial score (nSPS) is 22.3. The van der Waals surface area contributed by atoms with Crippen molar-refractivity contribution in [3.8, 4) is 0 Å². The molecule has 3 aliphatic heterocycles. The number of aliphatic hydroxyl groups is 1. The highest BCUT2D eigenvalue weighted by Gasteiger charge is 2.30. The molecule has 1 saturated heterocycles. The van der Waals surface area contributed by atoms with Crippen LogP contribution >= 0.6 is 0 Å². The highest BCUT2D eigenvalue weighted by molar-refractivity contribution is 5.98. The number of nitrogens with zero attached hydrogens (tertiary/aromatic N) is 4. The number of aliphatic hydroxyl groups excluding tert-OH is 1. The fourth-order valence-corrected chi connectivity index (χ4v) is 5.47. The standard InChI is InChI=1S/C26H28N4O2/c1-29-10-7-21-17(6-9-27-26(21)29)12-18-13-19-14-30(23-8-11-32-15-24(23)31)16-28-25(19)22-5-3-2-4-20(18)22/h2-6,9,13,16,23-24,31H,7-8,10-12,14-15H2,1H3. The van der Waals surface area contributed by atoms with E-state index in [1.165, 1.54) is 33.0 Å². The predicted octanol–water partition coefficient (Wildman–Crippen LogP) is 3.44. The van der Waals surface area contributed by atoms with Crippen molar-refractivity contribution in [2.45, 2.75) is 38.0 Å². The fraction of sp³-hybridized carbons (Fsp3) is 0.385. The largest absolute Gasteiger partial charge is 0.389 e. The van der Waals surface area contributed by atoms with Gasteiger partial charge in [-0.2, -0.15) is 0 Å². The van der Waals surface area contributed by atoms with Gasteiger partial charge in [-0.3, -0.25) is 0 Å². The number of likely N-dealkylation sites (N-methyl/N-ethyl adjacent to an activating group) is 1. The molecule has 1 aromatic heterocycles. The van der Waals surface area contributed by atoms with Gasteiger partial charge in [0.2, 0.25) is 0 Å². The summed E-state index contributed by atoms with van der Waals surface area (Å²) in [5, 5.41) is 12.9. The van der Waals surface area contributed by atoms with Crippen LogP contribution in [-0.4, -0.2) is 60.3 Å². The molecular weight excluding hydrogens is 400 g/mol. The molecule has 0 saturated carbocycles. The minimum atomic E-state index is -0.479. The molecule has 1 N–H and O–H groups in total. The number of ether oxygens (including phenoxy) is 1. The molecule has 0 amide bonds. The van der Waals surface area contributed by atoms with Crippen molar-refractivity contribution in [3.63, 3.8) is 0 Å². The first-order valence-electron chi connectivity index (χ1n) is 11.5. The monoisotopic (exact) mass is 428 g/mol. The van der Waals surface area contributed by atoms with Gasteiger partial charge in [0.1, 0.15) is 5.82 Å². The Balaban J connectivity index is 1.40. The third-order valence-electron chi connectivity index (χ3n) is 7.16. The van der Waals surface area contributed by atoms with Crippen molar-refractivity contribution in [1.29, 1.82) is 0 Å². The Kier molecular flexibility index (Phi) is 4.85. The van der Waals surface area contributed by atoms with Crippen molar-refractivity contribution in [3.05, 3.63) is 64.8 Å². The summed E-state index contributed by atoms with van der Waals surface area (Å²) < 4.78 is 5.43. The SMILES string of the molecule is CN1CCc2c(Cc3cc4c(c5ccccc35)N=CN(C3CCOCC3O)C4)ccnc21. The number of anilines is 1. The van der Waals surface area contributed by atoms with Crippen LogP contribution in [0.2, 0.25) is 0 Å². The number of fused-ring (bicyclic) bond motifs is 4. The molecule has 2 aromatic carbocycles. The van der Waals surface area contributed by atoms with E-state index in [-0.39, 0.29) is 6.04 Å². The quantitative estimate of drug-likeness (QED) is 0.693. The van der Waals surface area contributed by atoms with Crippen molar-refractivity contribution in [2.75, 3.05) is 31.7 Å². The van der Waals surface area contributed by atoms with Gasteiger partial charge in [0.15, 0.2) is 0 Å². The zero-order chi connectivity index (χ0) is 21.7. The second-order valence-corrected chi connectivity index (χ2v) is 9.12. The van der Waals surface area contributed by atoms with Gasteiger partial charge < -0.3 is 19.6 Å². The number of hydrogen-bond donors (Lipinski definition) is 1. The number of hydrogen-bond acceptors (Lipinski definition) is 6. The molecule has 0 bridgehead atoms. The summed E-state index contributed by atoms with van der Waals surface area (Å²) >= 11 is 0. The molecule has 2 unspecified atom stereocenters. The Morgan fingerprint density at radius 1 is 1.16 bits per heavy atom. The Morgan fingerprint density at radius 3 is 2.91 bits per heavy atom. The molecular formula is C26H28N4O2. The lowest BCUT2D eigenvalue weighted by Crippen LogP contribution is -2.48. The lowest BCUT2D eigenvalue weighted by Gasteiger charge is -2.38. The van der Waals surface area contributed by atoms with Crippen molar-refractivity contribution < 1.29 is 9.84 Å². The predicted molar refractivity (Wildman–Crippen MR) is 127 cm³/mol. The van der Waals surface area contributed by atoms with Gasteiger partial charge >= 0.3 is 0 Å². The van der Waals surface area contributed by atoms with Crippen molar-refractivity contribution in [2.24, 2.45) is 4.99 Å². The highest BCUT2D eigenvalue weighted by Crippen LogP contribution is 2.38. The fourth-order valence-electron chi connectivity index (χ4n) is 5.47. The van der Waals surface area contributed by atoms with E-state index in [0.29, 0.717) is 13.2 Å². The smallest absolute Gasteiger partial charge is 0.131 e. The molecule has 3 aliphatic rings. The average molecular weight is 429 g/mol. The Hall–Kier alpha value is -2.96. The van der Waals surface area contributed by atoms with Crippen molar-refractivity contribution in [1.82, 2.24) is 9.88 Å². The molecule has 1 fully saturated rings. The van der Waals surface area contributed by atoms with Crippen molar-refractivity contribution >= 4 is 28.6 Å². The summed E-state index contributed by atoms with van der Waals surface area (Å²) in [4.78, 5) is 13.9. The summed E-state index contributed by atoms with van der Waals surface area (Å²) in [5.74, 6) is 1.12. The first-order valence-corrected chi connectivity index (χ1v) is 11.5. The summed E-state index contributed by atoms with van der Waals surface area (Å²) in [5.41, 5.74) is 6.35. The second kappa shape index (κ2) is 7.87. The van der Waals surface area contributed by atoms with Crippen LogP contribution in [-0.2, 0) is 24.1 Å². The molecule has 0 aliphatic carbocycles. The molecule has 3 aromatic rings. The van der Waals surface area contributed by atoms with Gasteiger partial charge in [-0.05, 0) is 53.0 Å². The number of rotatable bonds is 3. The second-order valence-electron chi connectivity index (χ2n) is 9.12. The number of aromatic nitrogens is 1. The first-order chi connectivity index (χ1) is 15.7. The van der Waals surface area contributed by atoms with E-state index in [1.807, 2.05) is 12.5 Å². The topological polar surface area (TPSA) is 61.2 Å². The minimum absolute atomic E-state index is 0.0505. The number of pyridine rings is 1. The van der Waals surface area contributed by atoms with Crippen LogP contribution in [0.5, 0.6) is 0 Å². The van der Waals surface area contributed by atoms with Crippen LogP contribution in [0.4, 0.5) is 11.5 Å². The molecule has 4 heterocycles. The van der Waals surface area contributed by atoms with E-state index < -0.39 is 6.10 Å². The third-order valence-corrected chi connectivity index (χ3v) is 7.16. The average Bonchev–Trinajstić information content (AvgIpc) is 3.21. The van der Waals surface area contributed by atoms with Crippen LogP contribution in [0.1, 0.15) is 28.7 Å². The van der Waals surface area contributed by atoms with Crippen LogP contribution < -0.4 is 4.90 Å². The molecule has 32 heavy (non-hydrogen) atoms. The van der Waals surface area contributed by atoms with E-state index in [1.54, 1.807) is 0 Å². The Morgan fingerprint density at radius 2 is 2.03 bits per heavy atom. The summed E-state index contributed by atoms with van der Waals surface area (Å²) in [6.45, 7) is 2.87. The zero-order valence-electron chi connectivity index (χ0n) is 18.4. The van der Waals surface area contributed by atoms with Gasteiger partial charge in [0.05, 0.1) is 30.8 Å². The lowest BCUT2D eigenvalue weighted by molar-refractivity contribution is -0.0498. The maximum absolute atomic E-state index is 10.5. The summed E-state index contributed by atoms with van der Waals surface area (Å²) in [6.07, 6.45) is 6.13. The van der Waals surface area contributed by atoms with E-state index in [0.717, 1.165) is 43.9 Å². The molecule has 164 valence electrons. The first kappa shape index (κ1) is 19.7. The molecule has 6 rings (SSSR count). The van der Waals surface area contributed by atoms with Gasteiger partial charge in [0, 0.05) is 38.3 Å². The molecule has 6 nitrogen and oxygen atoms in total. The summed E-state index contributed by atoms with van der Waals surface area (Å²) in [6, 6.07) is 13.2. The zero-order valence-corrected chi connectivity index (χ0v) is 18.4. The molecule has 6 heteroatoms.